The first kappa shape index (κ1) is 9.12. The Bertz CT molecular complexity index is 318. The van der Waals surface area contributed by atoms with Gasteiger partial charge in [-0.25, -0.2) is 4.98 Å². The van der Waals surface area contributed by atoms with E-state index >= 15 is 0 Å². The van der Waals surface area contributed by atoms with Crippen LogP contribution in [0.3, 0.4) is 0 Å². The summed E-state index contributed by atoms with van der Waals surface area (Å²) in [6, 6.07) is 1.33. The predicted molar refractivity (Wildman–Crippen MR) is 47.1 cm³/mol. The first-order valence-corrected chi connectivity index (χ1v) is 6.77. The maximum Gasteiger partial charge on any atom is 0.260 e. The fraction of sp³-hybridized carbons (Fsp3) is 0.429. The number of hydrogen-bond acceptors (Lipinski definition) is 2. The van der Waals surface area contributed by atoms with Crippen molar-refractivity contribution in [3.8, 4) is 0 Å². The molecule has 12 heavy (non-hydrogen) atoms. The van der Waals surface area contributed by atoms with Crippen molar-refractivity contribution in [2.45, 2.75) is 19.3 Å². The lowest BCUT2D eigenvalue weighted by Crippen LogP contribution is -2.32. The molecule has 0 aromatic carbocycles. The second-order valence-electron chi connectivity index (χ2n) is 3.27. The first-order valence-electron chi connectivity index (χ1n) is 3.68. The second kappa shape index (κ2) is 3.18. The molecule has 1 heterocycles. The van der Waals surface area contributed by atoms with Crippen molar-refractivity contribution in [1.82, 2.24) is 9.55 Å². The highest BCUT2D eigenvalue weighted by Crippen LogP contribution is 2.04. The number of rotatable bonds is 2. The fourth-order valence-corrected chi connectivity index (χ4v) is 1.95. The average Bonchev–Trinajstić information content (AvgIpc) is 1.91. The van der Waals surface area contributed by atoms with Crippen molar-refractivity contribution in [2.24, 2.45) is 0 Å². The van der Waals surface area contributed by atoms with Crippen molar-refractivity contribution < 1.29 is 4.11 Å². The molecule has 0 aliphatic heterocycles. The van der Waals surface area contributed by atoms with Gasteiger partial charge in [-0.15, -0.1) is 0 Å². The molecule has 0 saturated carbocycles. The van der Waals surface area contributed by atoms with E-state index in [1.54, 1.807) is 13.1 Å². The number of nitrogens with zero attached hydrogens (tertiary/aromatic N) is 2. The lowest BCUT2D eigenvalue weighted by atomic mass is 10.6. The molecule has 0 amide bonds. The number of halogens is 1. The van der Waals surface area contributed by atoms with Crippen LogP contribution in [0.1, 0.15) is 0 Å². The monoisotopic (exact) mass is 186 g/mol. The molecule has 0 N–H and O–H groups in total. The predicted octanol–water partition coefficient (Wildman–Crippen LogP) is 0.957. The summed E-state index contributed by atoms with van der Waals surface area (Å²) < 4.78 is 14.5. The van der Waals surface area contributed by atoms with Gasteiger partial charge in [-0.2, -0.15) is 0 Å². The standard InChI is InChI=1S/C7H11FN2OSi/c1-12(2,8)6-10-5-9-4-3-7(10)11/h3-5H,6H2,1-2H3. The van der Waals surface area contributed by atoms with Gasteiger partial charge in [-0.1, -0.05) is 0 Å². The van der Waals surface area contributed by atoms with Crippen molar-refractivity contribution in [2.75, 3.05) is 0 Å². The van der Waals surface area contributed by atoms with Gasteiger partial charge in [0.1, 0.15) is 0 Å². The van der Waals surface area contributed by atoms with Gasteiger partial charge in [0.25, 0.3) is 14.0 Å². The summed E-state index contributed by atoms with van der Waals surface area (Å²) in [5, 5.41) is 0. The Hall–Kier alpha value is -0.973. The molecular weight excluding hydrogens is 175 g/mol. The number of aromatic nitrogens is 2. The molecule has 0 radical (unpaired) electrons. The van der Waals surface area contributed by atoms with Crippen LogP contribution in [0.25, 0.3) is 0 Å². The molecule has 1 rings (SSSR count). The van der Waals surface area contributed by atoms with Crippen molar-refractivity contribution >= 4 is 8.41 Å². The van der Waals surface area contributed by atoms with Gasteiger partial charge in [-0.05, 0) is 13.1 Å². The van der Waals surface area contributed by atoms with Crippen LogP contribution in [0.4, 0.5) is 4.11 Å². The van der Waals surface area contributed by atoms with Crippen molar-refractivity contribution in [3.63, 3.8) is 0 Å². The average molecular weight is 186 g/mol. The quantitative estimate of drug-likeness (QED) is 0.509. The van der Waals surface area contributed by atoms with E-state index in [1.165, 1.54) is 23.2 Å². The zero-order valence-electron chi connectivity index (χ0n) is 7.12. The van der Waals surface area contributed by atoms with E-state index in [-0.39, 0.29) is 11.7 Å². The van der Waals surface area contributed by atoms with E-state index in [1.807, 2.05) is 0 Å². The molecule has 0 bridgehead atoms. The Kier molecular flexibility index (Phi) is 2.42. The van der Waals surface area contributed by atoms with E-state index in [9.17, 15) is 8.90 Å². The zero-order valence-corrected chi connectivity index (χ0v) is 8.12. The Morgan fingerprint density at radius 2 is 2.33 bits per heavy atom. The van der Waals surface area contributed by atoms with Crippen LogP contribution in [0, 0.1) is 0 Å². The minimum absolute atomic E-state index is 0.180. The summed E-state index contributed by atoms with van der Waals surface area (Å²) in [6.07, 6.45) is 2.96. The van der Waals surface area contributed by atoms with Gasteiger partial charge in [0.2, 0.25) is 0 Å². The van der Waals surface area contributed by atoms with Gasteiger partial charge in [0.05, 0.1) is 12.5 Å². The van der Waals surface area contributed by atoms with Crippen LogP contribution in [0.5, 0.6) is 0 Å². The topological polar surface area (TPSA) is 34.9 Å². The molecule has 5 heteroatoms. The zero-order chi connectivity index (χ0) is 9.19. The maximum atomic E-state index is 13.2. The second-order valence-corrected chi connectivity index (χ2v) is 7.02. The molecule has 0 unspecified atom stereocenters. The molecule has 0 fully saturated rings. The Balaban J connectivity index is 2.91. The molecular formula is C7H11FN2OSi. The Morgan fingerprint density at radius 3 is 2.83 bits per heavy atom. The third-order valence-corrected chi connectivity index (χ3v) is 2.43. The smallest absolute Gasteiger partial charge is 0.260 e. The van der Waals surface area contributed by atoms with Crippen LogP contribution in [-0.4, -0.2) is 18.0 Å². The van der Waals surface area contributed by atoms with Gasteiger partial charge in [-0.3, -0.25) is 9.36 Å². The lowest BCUT2D eigenvalue weighted by molar-refractivity contribution is 0.692. The van der Waals surface area contributed by atoms with Crippen LogP contribution in [0.2, 0.25) is 13.1 Å². The third kappa shape index (κ3) is 2.58. The number of hydrogen-bond donors (Lipinski definition) is 0. The van der Waals surface area contributed by atoms with Crippen LogP contribution in [0.15, 0.2) is 23.4 Å². The van der Waals surface area contributed by atoms with Gasteiger partial charge in [0, 0.05) is 12.3 Å². The lowest BCUT2D eigenvalue weighted by Gasteiger charge is -2.11. The van der Waals surface area contributed by atoms with Crippen molar-refractivity contribution in [3.05, 3.63) is 28.9 Å². The van der Waals surface area contributed by atoms with Gasteiger partial charge in [0.15, 0.2) is 0 Å². The molecule has 3 nitrogen and oxygen atoms in total. The highest BCUT2D eigenvalue weighted by atomic mass is 28.4. The summed E-state index contributed by atoms with van der Waals surface area (Å²) in [6.45, 7) is 3.12. The largest absolute Gasteiger partial charge is 0.313 e. The van der Waals surface area contributed by atoms with Crippen LogP contribution >= 0.6 is 0 Å². The summed E-state index contributed by atoms with van der Waals surface area (Å²) in [7, 11) is -2.71. The Morgan fingerprint density at radius 1 is 1.67 bits per heavy atom. The highest BCUT2D eigenvalue weighted by Gasteiger charge is 2.21. The molecule has 66 valence electrons. The molecule has 0 spiro atoms. The van der Waals surface area contributed by atoms with Gasteiger partial charge >= 0.3 is 0 Å². The SMILES string of the molecule is C[Si](C)(F)Cn1cnccc1=O. The molecule has 0 atom stereocenters. The summed E-state index contributed by atoms with van der Waals surface area (Å²) in [5.74, 6) is 0. The van der Waals surface area contributed by atoms with Crippen LogP contribution in [-0.2, 0) is 6.17 Å². The molecule has 0 aliphatic rings. The van der Waals surface area contributed by atoms with E-state index in [0.717, 1.165) is 0 Å². The summed E-state index contributed by atoms with van der Waals surface area (Å²) in [4.78, 5) is 14.8. The van der Waals surface area contributed by atoms with E-state index < -0.39 is 8.41 Å². The fourth-order valence-electron chi connectivity index (χ4n) is 0.902. The molecule has 1 aromatic heterocycles. The first-order chi connectivity index (χ1) is 5.49. The van der Waals surface area contributed by atoms with E-state index in [0.29, 0.717) is 0 Å². The molecule has 0 aliphatic carbocycles. The highest BCUT2D eigenvalue weighted by molar-refractivity contribution is 6.69. The van der Waals surface area contributed by atoms with Gasteiger partial charge < -0.3 is 4.11 Å². The minimum atomic E-state index is -2.71. The molecule has 0 saturated heterocycles. The maximum absolute atomic E-state index is 13.2. The van der Waals surface area contributed by atoms with Crippen LogP contribution < -0.4 is 5.56 Å². The Labute approximate surface area is 71.1 Å². The minimum Gasteiger partial charge on any atom is -0.313 e. The van der Waals surface area contributed by atoms with Crippen molar-refractivity contribution in [1.29, 1.82) is 0 Å². The van der Waals surface area contributed by atoms with E-state index in [2.05, 4.69) is 4.98 Å². The molecule has 1 aromatic rings. The third-order valence-electron chi connectivity index (χ3n) is 1.34. The summed E-state index contributed by atoms with van der Waals surface area (Å²) in [5.41, 5.74) is -0.191. The van der Waals surface area contributed by atoms with E-state index in [4.69, 9.17) is 0 Å². The summed E-state index contributed by atoms with van der Waals surface area (Å²) >= 11 is 0. The normalized spacial score (nSPS) is 11.6.